The molecule has 7 heteroatoms. The van der Waals surface area contributed by atoms with Gasteiger partial charge < -0.3 is 14.2 Å². The number of hydrogen-bond donors (Lipinski definition) is 0. The number of carbonyl (C=O) groups is 1. The Hall–Kier alpha value is -3.09. The maximum absolute atomic E-state index is 11.4. The van der Waals surface area contributed by atoms with Crippen molar-refractivity contribution in [1.29, 1.82) is 0 Å². The van der Waals surface area contributed by atoms with Crippen molar-refractivity contribution in [1.82, 2.24) is 0 Å². The summed E-state index contributed by atoms with van der Waals surface area (Å²) >= 11 is 0. The summed E-state index contributed by atoms with van der Waals surface area (Å²) < 4.78 is 16.2. The number of hydrogen-bond acceptors (Lipinski definition) is 6. The van der Waals surface area contributed by atoms with Gasteiger partial charge in [0.2, 0.25) is 0 Å². The van der Waals surface area contributed by atoms with Crippen molar-refractivity contribution in [2.24, 2.45) is 0 Å². The van der Waals surface area contributed by atoms with Crippen LogP contribution in [0.4, 0.5) is 5.69 Å². The molecule has 0 atom stereocenters. The second-order valence-electron chi connectivity index (χ2n) is 4.87. The van der Waals surface area contributed by atoms with Crippen LogP contribution in [0.3, 0.4) is 0 Å². The molecule has 0 N–H and O–H groups in total. The molecular weight excluding hydrogens is 314 g/mol. The Morgan fingerprint density at radius 3 is 2.50 bits per heavy atom. The van der Waals surface area contributed by atoms with Crippen molar-refractivity contribution in [2.75, 3.05) is 20.3 Å². The minimum atomic E-state index is -0.481. The van der Waals surface area contributed by atoms with Gasteiger partial charge in [0.15, 0.2) is 17.3 Å². The van der Waals surface area contributed by atoms with Gasteiger partial charge in [-0.25, -0.2) is 0 Å². The standard InChI is InChI=1S/C17H17NO6/c1-12(19)13-6-7-16(17(10-13)22-2)24-9-8-23-15-5-3-4-14(11-15)18(20)21/h3-7,10-11H,8-9H2,1-2H3. The van der Waals surface area contributed by atoms with Crippen LogP contribution < -0.4 is 14.2 Å². The highest BCUT2D eigenvalue weighted by molar-refractivity contribution is 5.94. The average Bonchev–Trinajstić information content (AvgIpc) is 2.58. The third-order valence-corrected chi connectivity index (χ3v) is 3.21. The van der Waals surface area contributed by atoms with Crippen LogP contribution in [-0.4, -0.2) is 31.0 Å². The van der Waals surface area contributed by atoms with Gasteiger partial charge in [-0.15, -0.1) is 0 Å². The number of rotatable bonds is 8. The SMILES string of the molecule is COc1cc(C(C)=O)ccc1OCCOc1cccc([N+](=O)[O-])c1. The zero-order chi connectivity index (χ0) is 17.5. The number of Topliss-reactive ketones (excluding diaryl/α,β-unsaturated/α-hetero) is 1. The molecule has 0 aliphatic carbocycles. The Kier molecular flexibility index (Phi) is 5.73. The molecule has 0 aromatic heterocycles. The van der Waals surface area contributed by atoms with Crippen molar-refractivity contribution in [3.05, 3.63) is 58.1 Å². The van der Waals surface area contributed by atoms with Crippen molar-refractivity contribution >= 4 is 11.5 Å². The number of ether oxygens (including phenoxy) is 3. The molecule has 0 bridgehead atoms. The van der Waals surface area contributed by atoms with Crippen LogP contribution in [0.5, 0.6) is 17.2 Å². The maximum atomic E-state index is 11.4. The lowest BCUT2D eigenvalue weighted by atomic mass is 10.1. The van der Waals surface area contributed by atoms with Crippen molar-refractivity contribution in [3.8, 4) is 17.2 Å². The number of carbonyl (C=O) groups excluding carboxylic acids is 1. The summed E-state index contributed by atoms with van der Waals surface area (Å²) in [7, 11) is 1.49. The maximum Gasteiger partial charge on any atom is 0.273 e. The first-order chi connectivity index (χ1) is 11.5. The smallest absolute Gasteiger partial charge is 0.273 e. The largest absolute Gasteiger partial charge is 0.493 e. The van der Waals surface area contributed by atoms with E-state index < -0.39 is 4.92 Å². The Labute approximate surface area is 138 Å². The van der Waals surface area contributed by atoms with E-state index in [1.54, 1.807) is 30.3 Å². The minimum absolute atomic E-state index is 0.0325. The van der Waals surface area contributed by atoms with Gasteiger partial charge in [-0.3, -0.25) is 14.9 Å². The summed E-state index contributed by atoms with van der Waals surface area (Å²) in [5.74, 6) is 1.28. The molecule has 0 saturated heterocycles. The van der Waals surface area contributed by atoms with E-state index in [1.165, 1.54) is 26.2 Å². The summed E-state index contributed by atoms with van der Waals surface area (Å²) in [4.78, 5) is 21.6. The molecule has 0 amide bonds. The quantitative estimate of drug-likeness (QED) is 0.319. The Balaban J connectivity index is 1.91. The van der Waals surface area contributed by atoms with Gasteiger partial charge in [-0.05, 0) is 31.2 Å². The average molecular weight is 331 g/mol. The predicted molar refractivity (Wildman–Crippen MR) is 87.1 cm³/mol. The first kappa shape index (κ1) is 17.3. The topological polar surface area (TPSA) is 87.9 Å². The molecule has 2 aromatic rings. The Morgan fingerprint density at radius 2 is 1.83 bits per heavy atom. The summed E-state index contributed by atoms with van der Waals surface area (Å²) in [6.45, 7) is 1.90. The molecule has 2 rings (SSSR count). The van der Waals surface area contributed by atoms with E-state index in [-0.39, 0.29) is 24.7 Å². The van der Waals surface area contributed by atoms with Gasteiger partial charge in [0.25, 0.3) is 5.69 Å². The van der Waals surface area contributed by atoms with Gasteiger partial charge in [0, 0.05) is 11.6 Å². The number of methoxy groups -OCH3 is 1. The highest BCUT2D eigenvalue weighted by atomic mass is 16.6. The summed E-state index contributed by atoms with van der Waals surface area (Å²) in [5, 5.41) is 10.7. The fraction of sp³-hybridized carbons (Fsp3) is 0.235. The number of ketones is 1. The molecule has 2 aromatic carbocycles. The van der Waals surface area contributed by atoms with Crippen molar-refractivity contribution in [3.63, 3.8) is 0 Å². The molecule has 0 aliphatic heterocycles. The van der Waals surface area contributed by atoms with Gasteiger partial charge in [0.05, 0.1) is 18.1 Å². The lowest BCUT2D eigenvalue weighted by Crippen LogP contribution is -2.10. The molecule has 126 valence electrons. The third-order valence-electron chi connectivity index (χ3n) is 3.21. The van der Waals surface area contributed by atoms with E-state index in [1.807, 2.05) is 0 Å². The van der Waals surface area contributed by atoms with E-state index in [2.05, 4.69) is 0 Å². The van der Waals surface area contributed by atoms with Gasteiger partial charge in [-0.2, -0.15) is 0 Å². The van der Waals surface area contributed by atoms with Crippen LogP contribution in [0.1, 0.15) is 17.3 Å². The van der Waals surface area contributed by atoms with E-state index in [4.69, 9.17) is 14.2 Å². The van der Waals surface area contributed by atoms with Crippen LogP contribution in [0.25, 0.3) is 0 Å². The van der Waals surface area contributed by atoms with E-state index in [0.717, 1.165) is 0 Å². The normalized spacial score (nSPS) is 10.1. The highest BCUT2D eigenvalue weighted by Crippen LogP contribution is 2.28. The lowest BCUT2D eigenvalue weighted by molar-refractivity contribution is -0.384. The first-order valence-electron chi connectivity index (χ1n) is 7.20. The van der Waals surface area contributed by atoms with E-state index in [0.29, 0.717) is 22.8 Å². The molecule has 0 spiro atoms. The second-order valence-corrected chi connectivity index (χ2v) is 4.87. The molecule has 0 fully saturated rings. The van der Waals surface area contributed by atoms with Crippen LogP contribution in [0.2, 0.25) is 0 Å². The molecule has 0 radical (unpaired) electrons. The van der Waals surface area contributed by atoms with Crippen LogP contribution >= 0.6 is 0 Å². The number of benzene rings is 2. The monoisotopic (exact) mass is 331 g/mol. The number of nitrogens with zero attached hydrogens (tertiary/aromatic N) is 1. The molecule has 0 unspecified atom stereocenters. The van der Waals surface area contributed by atoms with Crippen LogP contribution in [-0.2, 0) is 0 Å². The zero-order valence-corrected chi connectivity index (χ0v) is 13.4. The minimum Gasteiger partial charge on any atom is -0.493 e. The summed E-state index contributed by atoms with van der Waals surface area (Å²) in [6, 6.07) is 10.9. The zero-order valence-electron chi connectivity index (χ0n) is 13.4. The lowest BCUT2D eigenvalue weighted by Gasteiger charge is -2.12. The van der Waals surface area contributed by atoms with E-state index in [9.17, 15) is 14.9 Å². The molecule has 7 nitrogen and oxygen atoms in total. The summed E-state index contributed by atoms with van der Waals surface area (Å²) in [5.41, 5.74) is 0.502. The number of non-ortho nitro benzene ring substituents is 1. The number of nitro groups is 1. The van der Waals surface area contributed by atoms with Crippen molar-refractivity contribution in [2.45, 2.75) is 6.92 Å². The number of nitro benzene ring substituents is 1. The Morgan fingerprint density at radius 1 is 1.08 bits per heavy atom. The molecule has 0 saturated carbocycles. The second kappa shape index (κ2) is 7.96. The third kappa shape index (κ3) is 4.45. The molecule has 0 aliphatic rings. The van der Waals surface area contributed by atoms with Gasteiger partial charge >= 0.3 is 0 Å². The molecule has 24 heavy (non-hydrogen) atoms. The van der Waals surface area contributed by atoms with Crippen molar-refractivity contribution < 1.29 is 23.9 Å². The fourth-order valence-corrected chi connectivity index (χ4v) is 2.00. The highest BCUT2D eigenvalue weighted by Gasteiger charge is 2.09. The molecular formula is C17H17NO6. The van der Waals surface area contributed by atoms with Gasteiger partial charge in [0.1, 0.15) is 19.0 Å². The fourth-order valence-electron chi connectivity index (χ4n) is 2.00. The van der Waals surface area contributed by atoms with Gasteiger partial charge in [-0.1, -0.05) is 6.07 Å². The van der Waals surface area contributed by atoms with E-state index >= 15 is 0 Å². The first-order valence-corrected chi connectivity index (χ1v) is 7.20. The predicted octanol–water partition coefficient (Wildman–Crippen LogP) is 3.26. The Bertz CT molecular complexity index is 744. The van der Waals surface area contributed by atoms with Crippen LogP contribution in [0, 0.1) is 10.1 Å². The summed E-state index contributed by atoms with van der Waals surface area (Å²) in [6.07, 6.45) is 0. The van der Waals surface area contributed by atoms with Crippen LogP contribution in [0.15, 0.2) is 42.5 Å². The molecule has 0 heterocycles.